The van der Waals surface area contributed by atoms with E-state index in [1.807, 2.05) is 12.3 Å². The van der Waals surface area contributed by atoms with E-state index >= 15 is 0 Å². The van der Waals surface area contributed by atoms with Crippen LogP contribution in [0.1, 0.15) is 51.3 Å². The molecule has 2 aliphatic heterocycles. The van der Waals surface area contributed by atoms with Crippen molar-refractivity contribution in [1.29, 1.82) is 0 Å². The van der Waals surface area contributed by atoms with Crippen LogP contribution in [-0.4, -0.2) is 65.1 Å². The summed E-state index contributed by atoms with van der Waals surface area (Å²) in [6.45, 7) is 9.21. The summed E-state index contributed by atoms with van der Waals surface area (Å²) >= 11 is 0. The fourth-order valence-corrected chi connectivity index (χ4v) is 3.71. The van der Waals surface area contributed by atoms with Crippen molar-refractivity contribution in [2.45, 2.75) is 57.5 Å². The molecule has 1 aromatic heterocycles. The number of nitrogens with zero attached hydrogens (tertiary/aromatic N) is 4. The van der Waals surface area contributed by atoms with Crippen molar-refractivity contribution in [2.75, 3.05) is 38.5 Å². The zero-order chi connectivity index (χ0) is 16.2. The number of likely N-dealkylation sites (tertiary alicyclic amines) is 2. The van der Waals surface area contributed by atoms with Gasteiger partial charge in [0.15, 0.2) is 0 Å². The first-order valence-corrected chi connectivity index (χ1v) is 9.14. The van der Waals surface area contributed by atoms with Crippen LogP contribution >= 0.6 is 0 Å². The van der Waals surface area contributed by atoms with E-state index in [1.54, 1.807) is 0 Å². The van der Waals surface area contributed by atoms with Crippen molar-refractivity contribution in [2.24, 2.45) is 0 Å². The zero-order valence-corrected chi connectivity index (χ0v) is 14.8. The molecule has 3 rings (SSSR count). The Morgan fingerprint density at radius 1 is 1.09 bits per heavy atom. The van der Waals surface area contributed by atoms with Crippen molar-refractivity contribution in [3.8, 4) is 0 Å². The molecule has 23 heavy (non-hydrogen) atoms. The van der Waals surface area contributed by atoms with E-state index in [0.29, 0.717) is 12.0 Å². The van der Waals surface area contributed by atoms with Gasteiger partial charge in [0.1, 0.15) is 11.6 Å². The molecule has 0 spiro atoms. The molecule has 0 unspecified atom stereocenters. The second-order valence-electron chi connectivity index (χ2n) is 7.44. The Kier molecular flexibility index (Phi) is 5.49. The Balaban J connectivity index is 1.48. The summed E-state index contributed by atoms with van der Waals surface area (Å²) in [7, 11) is 2.24. The highest BCUT2D eigenvalue weighted by atomic mass is 15.2. The lowest BCUT2D eigenvalue weighted by Gasteiger charge is -2.41. The van der Waals surface area contributed by atoms with Crippen molar-refractivity contribution in [3.63, 3.8) is 0 Å². The molecule has 1 N–H and O–H groups in total. The van der Waals surface area contributed by atoms with E-state index in [9.17, 15) is 0 Å². The highest BCUT2D eigenvalue weighted by molar-refractivity contribution is 5.34. The quantitative estimate of drug-likeness (QED) is 0.924. The summed E-state index contributed by atoms with van der Waals surface area (Å²) in [6, 6.07) is 3.35. The fraction of sp³-hybridized carbons (Fsp3) is 0.778. The van der Waals surface area contributed by atoms with E-state index in [4.69, 9.17) is 0 Å². The Morgan fingerprint density at radius 2 is 1.78 bits per heavy atom. The summed E-state index contributed by atoms with van der Waals surface area (Å²) in [5.41, 5.74) is 0. The first-order valence-electron chi connectivity index (χ1n) is 9.14. The van der Waals surface area contributed by atoms with E-state index in [-0.39, 0.29) is 0 Å². The van der Waals surface area contributed by atoms with Crippen LogP contribution in [0.25, 0.3) is 0 Å². The van der Waals surface area contributed by atoms with Crippen LogP contribution in [0.4, 0.5) is 5.82 Å². The average molecular weight is 317 g/mol. The molecule has 0 bridgehead atoms. The van der Waals surface area contributed by atoms with Crippen LogP contribution in [-0.2, 0) is 0 Å². The van der Waals surface area contributed by atoms with Gasteiger partial charge in [-0.05, 0) is 51.9 Å². The lowest BCUT2D eigenvalue weighted by Crippen LogP contribution is -2.48. The van der Waals surface area contributed by atoms with E-state index in [0.717, 1.165) is 17.7 Å². The van der Waals surface area contributed by atoms with Gasteiger partial charge in [-0.3, -0.25) is 0 Å². The molecule has 0 aromatic carbocycles. The molecular formula is C18H31N5. The normalized spacial score (nSPS) is 22.6. The number of anilines is 1. The maximum atomic E-state index is 4.64. The maximum Gasteiger partial charge on any atom is 0.133 e. The fourth-order valence-electron chi connectivity index (χ4n) is 3.71. The summed E-state index contributed by atoms with van der Waals surface area (Å²) < 4.78 is 0. The van der Waals surface area contributed by atoms with Crippen LogP contribution in [0.15, 0.2) is 12.3 Å². The smallest absolute Gasteiger partial charge is 0.133 e. The summed E-state index contributed by atoms with van der Waals surface area (Å²) in [6.07, 6.45) is 6.97. The van der Waals surface area contributed by atoms with Crippen LogP contribution in [0.2, 0.25) is 0 Å². The van der Waals surface area contributed by atoms with Gasteiger partial charge >= 0.3 is 0 Å². The van der Waals surface area contributed by atoms with Crippen LogP contribution in [0.5, 0.6) is 0 Å². The topological polar surface area (TPSA) is 44.3 Å². The average Bonchev–Trinajstić information content (AvgIpc) is 2.57. The third-order valence-corrected chi connectivity index (χ3v) is 5.28. The standard InChI is InChI=1S/C18H31N5/c1-14(2)18-19-9-4-17(21-18)20-15-5-12-23(13-6-15)16-7-10-22(3)11-8-16/h4,9,14-16H,5-8,10-13H2,1-3H3,(H,19,20,21). The number of hydrogen-bond acceptors (Lipinski definition) is 5. The predicted molar refractivity (Wildman–Crippen MR) is 94.9 cm³/mol. The van der Waals surface area contributed by atoms with Gasteiger partial charge < -0.3 is 15.1 Å². The van der Waals surface area contributed by atoms with Gasteiger partial charge in [-0.15, -0.1) is 0 Å². The first-order chi connectivity index (χ1) is 11.1. The van der Waals surface area contributed by atoms with Crippen molar-refractivity contribution >= 4 is 5.82 Å². The van der Waals surface area contributed by atoms with Gasteiger partial charge in [-0.1, -0.05) is 13.8 Å². The van der Waals surface area contributed by atoms with E-state index < -0.39 is 0 Å². The lowest BCUT2D eigenvalue weighted by atomic mass is 9.98. The monoisotopic (exact) mass is 317 g/mol. The highest BCUT2D eigenvalue weighted by Gasteiger charge is 2.27. The number of hydrogen-bond donors (Lipinski definition) is 1. The maximum absolute atomic E-state index is 4.64. The molecular weight excluding hydrogens is 286 g/mol. The Hall–Kier alpha value is -1.20. The van der Waals surface area contributed by atoms with Gasteiger partial charge in [-0.2, -0.15) is 0 Å². The first kappa shape index (κ1) is 16.7. The molecule has 2 aliphatic rings. The molecule has 128 valence electrons. The zero-order valence-electron chi connectivity index (χ0n) is 14.8. The largest absolute Gasteiger partial charge is 0.367 e. The van der Waals surface area contributed by atoms with E-state index in [2.05, 4.69) is 46.0 Å². The minimum atomic E-state index is 0.378. The minimum Gasteiger partial charge on any atom is -0.367 e. The number of nitrogens with one attached hydrogen (secondary N) is 1. The van der Waals surface area contributed by atoms with Gasteiger partial charge in [-0.25, -0.2) is 9.97 Å². The molecule has 0 amide bonds. The Morgan fingerprint density at radius 3 is 2.43 bits per heavy atom. The summed E-state index contributed by atoms with van der Waals surface area (Å²) in [4.78, 5) is 14.2. The third-order valence-electron chi connectivity index (χ3n) is 5.28. The third kappa shape index (κ3) is 4.42. The van der Waals surface area contributed by atoms with Gasteiger partial charge in [0.2, 0.25) is 0 Å². The molecule has 0 atom stereocenters. The van der Waals surface area contributed by atoms with Crippen molar-refractivity contribution in [3.05, 3.63) is 18.1 Å². The minimum absolute atomic E-state index is 0.378. The highest BCUT2D eigenvalue weighted by Crippen LogP contribution is 2.22. The molecule has 2 saturated heterocycles. The molecule has 1 aromatic rings. The SMILES string of the molecule is CC(C)c1nccc(NC2CCN(C3CCN(C)CC3)CC2)n1. The number of piperidine rings is 2. The number of aromatic nitrogens is 2. The molecule has 0 radical (unpaired) electrons. The number of rotatable bonds is 4. The second-order valence-corrected chi connectivity index (χ2v) is 7.44. The molecule has 0 saturated carbocycles. The second kappa shape index (κ2) is 7.58. The molecule has 0 aliphatic carbocycles. The van der Waals surface area contributed by atoms with Gasteiger partial charge in [0.25, 0.3) is 0 Å². The van der Waals surface area contributed by atoms with Gasteiger partial charge in [0, 0.05) is 37.3 Å². The summed E-state index contributed by atoms with van der Waals surface area (Å²) in [5, 5.41) is 3.62. The summed E-state index contributed by atoms with van der Waals surface area (Å²) in [5.74, 6) is 2.29. The van der Waals surface area contributed by atoms with Crippen molar-refractivity contribution < 1.29 is 0 Å². The molecule has 3 heterocycles. The molecule has 2 fully saturated rings. The molecule has 5 heteroatoms. The Labute approximate surface area is 140 Å². The van der Waals surface area contributed by atoms with Crippen molar-refractivity contribution in [1.82, 2.24) is 19.8 Å². The van der Waals surface area contributed by atoms with Crippen LogP contribution in [0.3, 0.4) is 0 Å². The predicted octanol–water partition coefficient (Wildman–Crippen LogP) is 2.57. The van der Waals surface area contributed by atoms with E-state index in [1.165, 1.54) is 51.9 Å². The van der Waals surface area contributed by atoms with Crippen LogP contribution in [0, 0.1) is 0 Å². The molecule has 5 nitrogen and oxygen atoms in total. The lowest BCUT2D eigenvalue weighted by molar-refractivity contribution is 0.0993. The van der Waals surface area contributed by atoms with Gasteiger partial charge in [0.05, 0.1) is 0 Å². The van der Waals surface area contributed by atoms with Crippen LogP contribution < -0.4 is 5.32 Å². The Bertz CT molecular complexity index is 488.